The first-order chi connectivity index (χ1) is 10.1. The van der Waals surface area contributed by atoms with Crippen LogP contribution in [0.4, 0.5) is 0 Å². The lowest BCUT2D eigenvalue weighted by Crippen LogP contribution is -2.46. The molecule has 0 amide bonds. The molecular weight excluding hydrogens is 288 g/mol. The zero-order valence-corrected chi connectivity index (χ0v) is 13.2. The number of carbonyl (C=O) groups is 1. The van der Waals surface area contributed by atoms with Gasteiger partial charge in [-0.25, -0.2) is 0 Å². The van der Waals surface area contributed by atoms with Gasteiger partial charge >= 0.3 is 5.97 Å². The lowest BCUT2D eigenvalue weighted by atomic mass is 10.0. The van der Waals surface area contributed by atoms with Gasteiger partial charge in [0.25, 0.3) is 0 Å². The van der Waals surface area contributed by atoms with Crippen LogP contribution >= 0.6 is 11.6 Å². The fourth-order valence-corrected chi connectivity index (χ4v) is 3.09. The molecule has 1 N–H and O–H groups in total. The summed E-state index contributed by atoms with van der Waals surface area (Å²) in [6.45, 7) is 5.96. The van der Waals surface area contributed by atoms with Crippen LogP contribution in [0.15, 0.2) is 24.3 Å². The molecule has 1 heterocycles. The molecule has 4 nitrogen and oxygen atoms in total. The van der Waals surface area contributed by atoms with Crippen molar-refractivity contribution in [1.82, 2.24) is 9.80 Å². The van der Waals surface area contributed by atoms with Gasteiger partial charge in [0.05, 0.1) is 6.54 Å². The van der Waals surface area contributed by atoms with Crippen LogP contribution in [0.25, 0.3) is 0 Å². The van der Waals surface area contributed by atoms with Gasteiger partial charge in [0.1, 0.15) is 0 Å². The Morgan fingerprint density at radius 1 is 1.33 bits per heavy atom. The Hall–Kier alpha value is -1.10. The summed E-state index contributed by atoms with van der Waals surface area (Å²) in [5.41, 5.74) is 1.27. The van der Waals surface area contributed by atoms with Crippen LogP contribution in [-0.2, 0) is 11.3 Å². The number of nitrogens with zero attached hydrogens (tertiary/aromatic N) is 2. The van der Waals surface area contributed by atoms with E-state index in [0.29, 0.717) is 6.04 Å². The molecule has 0 aliphatic carbocycles. The molecule has 116 valence electrons. The molecule has 0 saturated carbocycles. The van der Waals surface area contributed by atoms with Crippen molar-refractivity contribution in [2.24, 2.45) is 0 Å². The van der Waals surface area contributed by atoms with Crippen molar-refractivity contribution < 1.29 is 9.90 Å². The maximum atomic E-state index is 10.9. The highest BCUT2D eigenvalue weighted by Gasteiger charge is 2.24. The van der Waals surface area contributed by atoms with E-state index in [-0.39, 0.29) is 6.54 Å². The number of rotatable bonds is 6. The standard InChI is InChI=1S/C16H23ClN2O2/c1-2-19(12-16(20)21)15-7-9-18(10-8-15)11-13-3-5-14(17)6-4-13/h3-6,15H,2,7-12H2,1H3,(H,20,21). The molecule has 1 aromatic rings. The molecule has 1 fully saturated rings. The molecule has 0 atom stereocenters. The van der Waals surface area contributed by atoms with Crippen LogP contribution in [-0.4, -0.2) is 53.1 Å². The van der Waals surface area contributed by atoms with Gasteiger partial charge in [0, 0.05) is 17.6 Å². The number of likely N-dealkylation sites (tertiary alicyclic amines) is 1. The van der Waals surface area contributed by atoms with Crippen LogP contribution in [0.3, 0.4) is 0 Å². The van der Waals surface area contributed by atoms with Crippen molar-refractivity contribution in [3.8, 4) is 0 Å². The Kier molecular flexibility index (Phi) is 6.03. The topological polar surface area (TPSA) is 43.8 Å². The summed E-state index contributed by atoms with van der Waals surface area (Å²) >= 11 is 5.90. The van der Waals surface area contributed by atoms with Crippen molar-refractivity contribution >= 4 is 17.6 Å². The van der Waals surface area contributed by atoms with Gasteiger partial charge in [0.15, 0.2) is 0 Å². The number of likely N-dealkylation sites (N-methyl/N-ethyl adjacent to an activating group) is 1. The number of carboxylic acids is 1. The molecule has 1 aliphatic heterocycles. The maximum Gasteiger partial charge on any atom is 0.317 e. The monoisotopic (exact) mass is 310 g/mol. The number of aliphatic carboxylic acids is 1. The van der Waals surface area contributed by atoms with E-state index in [1.807, 2.05) is 19.1 Å². The van der Waals surface area contributed by atoms with Crippen LogP contribution in [0, 0.1) is 0 Å². The predicted molar refractivity (Wildman–Crippen MR) is 84.6 cm³/mol. The number of carboxylic acid groups (broad SMARTS) is 1. The Morgan fingerprint density at radius 3 is 2.48 bits per heavy atom. The zero-order chi connectivity index (χ0) is 15.2. The molecule has 1 saturated heterocycles. The second-order valence-electron chi connectivity index (χ2n) is 5.59. The Morgan fingerprint density at radius 2 is 1.95 bits per heavy atom. The van der Waals surface area contributed by atoms with Crippen LogP contribution in [0.2, 0.25) is 5.02 Å². The summed E-state index contributed by atoms with van der Waals surface area (Å²) in [6.07, 6.45) is 2.07. The summed E-state index contributed by atoms with van der Waals surface area (Å²) in [6, 6.07) is 8.38. The van der Waals surface area contributed by atoms with Gasteiger partial charge in [-0.15, -0.1) is 0 Å². The lowest BCUT2D eigenvalue weighted by Gasteiger charge is -2.37. The first-order valence-corrected chi connectivity index (χ1v) is 7.89. The molecular formula is C16H23ClN2O2. The average Bonchev–Trinajstić information content (AvgIpc) is 2.48. The van der Waals surface area contributed by atoms with Crippen molar-refractivity contribution in [3.05, 3.63) is 34.9 Å². The van der Waals surface area contributed by atoms with E-state index in [0.717, 1.165) is 44.0 Å². The van der Waals surface area contributed by atoms with E-state index in [1.165, 1.54) is 5.56 Å². The van der Waals surface area contributed by atoms with Crippen molar-refractivity contribution in [1.29, 1.82) is 0 Å². The van der Waals surface area contributed by atoms with E-state index in [2.05, 4.69) is 21.9 Å². The molecule has 21 heavy (non-hydrogen) atoms. The average molecular weight is 311 g/mol. The van der Waals surface area contributed by atoms with E-state index in [1.54, 1.807) is 0 Å². The molecule has 5 heteroatoms. The number of piperidine rings is 1. The van der Waals surface area contributed by atoms with Crippen LogP contribution < -0.4 is 0 Å². The van der Waals surface area contributed by atoms with E-state index < -0.39 is 5.97 Å². The molecule has 0 aromatic heterocycles. The van der Waals surface area contributed by atoms with E-state index in [4.69, 9.17) is 16.7 Å². The molecule has 0 spiro atoms. The second kappa shape index (κ2) is 7.78. The van der Waals surface area contributed by atoms with Gasteiger partial charge in [-0.05, 0) is 50.2 Å². The van der Waals surface area contributed by atoms with Crippen LogP contribution in [0.5, 0.6) is 0 Å². The zero-order valence-electron chi connectivity index (χ0n) is 12.5. The highest BCUT2D eigenvalue weighted by molar-refractivity contribution is 6.30. The third-order valence-corrected chi connectivity index (χ3v) is 4.39. The highest BCUT2D eigenvalue weighted by Crippen LogP contribution is 2.19. The van der Waals surface area contributed by atoms with Crippen molar-refractivity contribution in [2.75, 3.05) is 26.2 Å². The minimum atomic E-state index is -0.736. The summed E-state index contributed by atoms with van der Waals surface area (Å²) in [4.78, 5) is 15.4. The van der Waals surface area contributed by atoms with Gasteiger partial charge < -0.3 is 5.11 Å². The normalized spacial score (nSPS) is 17.3. The Balaban J connectivity index is 1.82. The van der Waals surface area contributed by atoms with Crippen molar-refractivity contribution in [2.45, 2.75) is 32.4 Å². The fraction of sp³-hybridized carbons (Fsp3) is 0.562. The van der Waals surface area contributed by atoms with Gasteiger partial charge in [-0.2, -0.15) is 0 Å². The van der Waals surface area contributed by atoms with Crippen LogP contribution in [0.1, 0.15) is 25.3 Å². The molecule has 0 unspecified atom stereocenters. The maximum absolute atomic E-state index is 10.9. The molecule has 1 aromatic carbocycles. The highest BCUT2D eigenvalue weighted by atomic mass is 35.5. The Bertz CT molecular complexity index is 456. The summed E-state index contributed by atoms with van der Waals surface area (Å²) in [5, 5.41) is 9.72. The number of benzene rings is 1. The summed E-state index contributed by atoms with van der Waals surface area (Å²) < 4.78 is 0. The summed E-state index contributed by atoms with van der Waals surface area (Å²) in [7, 11) is 0. The van der Waals surface area contributed by atoms with E-state index >= 15 is 0 Å². The molecule has 2 rings (SSSR count). The third-order valence-electron chi connectivity index (χ3n) is 4.14. The predicted octanol–water partition coefficient (Wildman–Crippen LogP) is 2.71. The quantitative estimate of drug-likeness (QED) is 0.877. The second-order valence-corrected chi connectivity index (χ2v) is 6.03. The first-order valence-electron chi connectivity index (χ1n) is 7.51. The SMILES string of the molecule is CCN(CC(=O)O)C1CCN(Cc2ccc(Cl)cc2)CC1. The number of hydrogen-bond acceptors (Lipinski definition) is 3. The van der Waals surface area contributed by atoms with E-state index in [9.17, 15) is 4.79 Å². The third kappa shape index (κ3) is 4.99. The molecule has 0 bridgehead atoms. The van der Waals surface area contributed by atoms with Gasteiger partial charge in [-0.1, -0.05) is 30.7 Å². The largest absolute Gasteiger partial charge is 0.480 e. The number of hydrogen-bond donors (Lipinski definition) is 1. The minimum absolute atomic E-state index is 0.151. The minimum Gasteiger partial charge on any atom is -0.480 e. The molecule has 0 radical (unpaired) electrons. The Labute approximate surface area is 131 Å². The smallest absolute Gasteiger partial charge is 0.317 e. The first kappa shape index (κ1) is 16.3. The van der Waals surface area contributed by atoms with Gasteiger partial charge in [-0.3, -0.25) is 14.6 Å². The van der Waals surface area contributed by atoms with Gasteiger partial charge in [0.2, 0.25) is 0 Å². The molecule has 1 aliphatic rings. The summed E-state index contributed by atoms with van der Waals surface area (Å²) in [5.74, 6) is -0.736. The lowest BCUT2D eigenvalue weighted by molar-refractivity contribution is -0.139. The fourth-order valence-electron chi connectivity index (χ4n) is 2.96. The number of halogens is 1. The van der Waals surface area contributed by atoms with Crippen molar-refractivity contribution in [3.63, 3.8) is 0 Å².